The standard InChI is InChI=1S/C14H13Cl2N3O2/c1-7(10-3-2-8(15)4-12(10)16)19-13-11(14(20)21)5-9(17)6-18-13/h2-7H,17H2,1H3,(H,18,19)(H,20,21). The van der Waals surface area contributed by atoms with E-state index in [-0.39, 0.29) is 23.1 Å². The van der Waals surface area contributed by atoms with Crippen LogP contribution in [0.2, 0.25) is 10.0 Å². The second kappa shape index (κ2) is 6.20. The van der Waals surface area contributed by atoms with Gasteiger partial charge in [0.05, 0.1) is 17.9 Å². The summed E-state index contributed by atoms with van der Waals surface area (Å²) in [4.78, 5) is 15.3. The molecule has 1 aromatic carbocycles. The summed E-state index contributed by atoms with van der Waals surface area (Å²) in [6.07, 6.45) is 1.39. The van der Waals surface area contributed by atoms with Crippen molar-refractivity contribution in [1.82, 2.24) is 4.98 Å². The number of carboxylic acids is 1. The van der Waals surface area contributed by atoms with Gasteiger partial charge in [-0.15, -0.1) is 0 Å². The predicted octanol–water partition coefficient (Wildman–Crippen LogP) is 3.84. The molecular weight excluding hydrogens is 313 g/mol. The van der Waals surface area contributed by atoms with Crippen LogP contribution in [0.1, 0.15) is 28.9 Å². The lowest BCUT2D eigenvalue weighted by molar-refractivity contribution is 0.0697. The van der Waals surface area contributed by atoms with Gasteiger partial charge in [0.1, 0.15) is 11.4 Å². The van der Waals surface area contributed by atoms with Crippen LogP contribution in [0.4, 0.5) is 11.5 Å². The fraction of sp³-hybridized carbons (Fsp3) is 0.143. The molecule has 0 aliphatic heterocycles. The number of nitrogens with zero attached hydrogens (tertiary/aromatic N) is 1. The second-order valence-corrected chi connectivity index (χ2v) is 5.35. The molecule has 0 bridgehead atoms. The van der Waals surface area contributed by atoms with Gasteiger partial charge < -0.3 is 16.2 Å². The van der Waals surface area contributed by atoms with Crippen molar-refractivity contribution < 1.29 is 9.90 Å². The number of aromatic carboxylic acids is 1. The van der Waals surface area contributed by atoms with Crippen LogP contribution in [0.5, 0.6) is 0 Å². The molecule has 2 rings (SSSR count). The van der Waals surface area contributed by atoms with Crippen LogP contribution in [0.25, 0.3) is 0 Å². The van der Waals surface area contributed by atoms with Gasteiger partial charge in [0.25, 0.3) is 0 Å². The van der Waals surface area contributed by atoms with Crippen LogP contribution >= 0.6 is 23.2 Å². The number of rotatable bonds is 4. The van der Waals surface area contributed by atoms with Crippen molar-refractivity contribution in [3.05, 3.63) is 51.6 Å². The summed E-state index contributed by atoms with van der Waals surface area (Å²) in [6.45, 7) is 1.85. The lowest BCUT2D eigenvalue weighted by Crippen LogP contribution is -2.13. The number of nitrogens with one attached hydrogen (secondary N) is 1. The Morgan fingerprint density at radius 2 is 2.10 bits per heavy atom. The fourth-order valence-corrected chi connectivity index (χ4v) is 2.47. The third kappa shape index (κ3) is 3.56. The highest BCUT2D eigenvalue weighted by atomic mass is 35.5. The Balaban J connectivity index is 2.31. The molecule has 0 saturated heterocycles. The SMILES string of the molecule is CC(Nc1ncc(N)cc1C(=O)O)c1ccc(Cl)cc1Cl. The lowest BCUT2D eigenvalue weighted by Gasteiger charge is -2.18. The van der Waals surface area contributed by atoms with E-state index in [0.29, 0.717) is 10.0 Å². The minimum Gasteiger partial charge on any atom is -0.478 e. The van der Waals surface area contributed by atoms with Crippen molar-refractivity contribution in [3.8, 4) is 0 Å². The summed E-state index contributed by atoms with van der Waals surface area (Å²) in [6, 6.07) is 6.23. The van der Waals surface area contributed by atoms with Crippen molar-refractivity contribution in [3.63, 3.8) is 0 Å². The zero-order valence-corrected chi connectivity index (χ0v) is 12.6. The number of hydrogen-bond acceptors (Lipinski definition) is 4. The Kier molecular flexibility index (Phi) is 4.55. The first kappa shape index (κ1) is 15.4. The summed E-state index contributed by atoms with van der Waals surface area (Å²) in [5, 5.41) is 13.2. The van der Waals surface area contributed by atoms with Crippen molar-refractivity contribution in [1.29, 1.82) is 0 Å². The monoisotopic (exact) mass is 325 g/mol. The van der Waals surface area contributed by atoms with E-state index in [1.165, 1.54) is 12.3 Å². The molecule has 1 heterocycles. The second-order valence-electron chi connectivity index (χ2n) is 4.50. The molecule has 1 aromatic heterocycles. The molecule has 5 nitrogen and oxygen atoms in total. The number of nitrogen functional groups attached to an aromatic ring is 1. The molecule has 0 aliphatic carbocycles. The normalized spacial score (nSPS) is 12.0. The number of anilines is 2. The lowest BCUT2D eigenvalue weighted by atomic mass is 10.1. The smallest absolute Gasteiger partial charge is 0.339 e. The van der Waals surface area contributed by atoms with Gasteiger partial charge in [0, 0.05) is 10.0 Å². The number of benzene rings is 1. The zero-order chi connectivity index (χ0) is 15.6. The number of halogens is 2. The van der Waals surface area contributed by atoms with Crippen molar-refractivity contribution in [2.75, 3.05) is 11.1 Å². The first-order chi connectivity index (χ1) is 9.88. The summed E-state index contributed by atoms with van der Waals surface area (Å²) < 4.78 is 0. The maximum absolute atomic E-state index is 11.2. The summed E-state index contributed by atoms with van der Waals surface area (Å²) in [7, 11) is 0. The van der Waals surface area contributed by atoms with Gasteiger partial charge in [-0.2, -0.15) is 0 Å². The Bertz CT molecular complexity index is 692. The average Bonchev–Trinajstić information content (AvgIpc) is 2.40. The van der Waals surface area contributed by atoms with E-state index < -0.39 is 5.97 Å². The van der Waals surface area contributed by atoms with Crippen LogP contribution in [0.3, 0.4) is 0 Å². The minimum absolute atomic E-state index is 0.00642. The Morgan fingerprint density at radius 3 is 2.71 bits per heavy atom. The minimum atomic E-state index is -1.10. The molecule has 1 unspecified atom stereocenters. The maximum atomic E-state index is 11.2. The molecule has 0 saturated carbocycles. The van der Waals surface area contributed by atoms with E-state index in [1.54, 1.807) is 18.2 Å². The predicted molar refractivity (Wildman–Crippen MR) is 84.1 cm³/mol. The van der Waals surface area contributed by atoms with Gasteiger partial charge in [-0.3, -0.25) is 0 Å². The topological polar surface area (TPSA) is 88.2 Å². The van der Waals surface area contributed by atoms with Gasteiger partial charge in [-0.05, 0) is 30.7 Å². The van der Waals surface area contributed by atoms with E-state index in [0.717, 1.165) is 5.56 Å². The fourth-order valence-electron chi connectivity index (χ4n) is 1.89. The maximum Gasteiger partial charge on any atom is 0.339 e. The van der Waals surface area contributed by atoms with Gasteiger partial charge in [-0.25, -0.2) is 9.78 Å². The third-order valence-electron chi connectivity index (χ3n) is 2.92. The van der Waals surface area contributed by atoms with E-state index in [4.69, 9.17) is 28.9 Å². The highest BCUT2D eigenvalue weighted by molar-refractivity contribution is 6.35. The van der Waals surface area contributed by atoms with Gasteiger partial charge in [0.15, 0.2) is 0 Å². The van der Waals surface area contributed by atoms with Crippen molar-refractivity contribution in [2.24, 2.45) is 0 Å². The summed E-state index contributed by atoms with van der Waals surface area (Å²) in [5.74, 6) is -0.873. The van der Waals surface area contributed by atoms with Crippen molar-refractivity contribution in [2.45, 2.75) is 13.0 Å². The van der Waals surface area contributed by atoms with E-state index in [2.05, 4.69) is 10.3 Å². The molecule has 2 aromatic rings. The van der Waals surface area contributed by atoms with Crippen LogP contribution in [0, 0.1) is 0 Å². The number of carbonyl (C=O) groups is 1. The largest absolute Gasteiger partial charge is 0.478 e. The molecule has 1 atom stereocenters. The first-order valence-electron chi connectivity index (χ1n) is 6.08. The summed E-state index contributed by atoms with van der Waals surface area (Å²) in [5.41, 5.74) is 6.64. The molecule has 0 amide bonds. The molecule has 0 aliphatic rings. The Labute approximate surface area is 131 Å². The molecule has 4 N–H and O–H groups in total. The molecule has 0 fully saturated rings. The highest BCUT2D eigenvalue weighted by Gasteiger charge is 2.16. The van der Waals surface area contributed by atoms with Gasteiger partial charge in [-0.1, -0.05) is 29.3 Å². The van der Waals surface area contributed by atoms with Crippen LogP contribution in [-0.2, 0) is 0 Å². The van der Waals surface area contributed by atoms with Gasteiger partial charge >= 0.3 is 5.97 Å². The number of aromatic nitrogens is 1. The molecule has 21 heavy (non-hydrogen) atoms. The molecule has 0 spiro atoms. The van der Waals surface area contributed by atoms with Crippen LogP contribution in [-0.4, -0.2) is 16.1 Å². The van der Waals surface area contributed by atoms with Crippen LogP contribution < -0.4 is 11.1 Å². The van der Waals surface area contributed by atoms with E-state index in [1.807, 2.05) is 6.92 Å². The zero-order valence-electron chi connectivity index (χ0n) is 11.1. The van der Waals surface area contributed by atoms with E-state index >= 15 is 0 Å². The number of pyridine rings is 1. The number of carboxylic acid groups (broad SMARTS) is 1. The molecule has 110 valence electrons. The molecule has 0 radical (unpaired) electrons. The quantitative estimate of drug-likeness (QED) is 0.794. The van der Waals surface area contributed by atoms with Gasteiger partial charge in [0.2, 0.25) is 0 Å². The highest BCUT2D eigenvalue weighted by Crippen LogP contribution is 2.29. The van der Waals surface area contributed by atoms with E-state index in [9.17, 15) is 9.90 Å². The Morgan fingerprint density at radius 1 is 1.38 bits per heavy atom. The number of nitrogens with two attached hydrogens (primary N) is 1. The number of hydrogen-bond donors (Lipinski definition) is 3. The summed E-state index contributed by atoms with van der Waals surface area (Å²) >= 11 is 12.0. The Hall–Kier alpha value is -1.98. The first-order valence-corrected chi connectivity index (χ1v) is 6.84. The third-order valence-corrected chi connectivity index (χ3v) is 3.48. The average molecular weight is 326 g/mol. The van der Waals surface area contributed by atoms with Crippen LogP contribution in [0.15, 0.2) is 30.5 Å². The molecule has 7 heteroatoms. The molecular formula is C14H13Cl2N3O2. The van der Waals surface area contributed by atoms with Crippen molar-refractivity contribution >= 4 is 40.7 Å².